The van der Waals surface area contributed by atoms with Crippen molar-refractivity contribution < 1.29 is 0 Å². The van der Waals surface area contributed by atoms with Gasteiger partial charge in [-0.25, -0.2) is 0 Å². The van der Waals surface area contributed by atoms with Gasteiger partial charge in [0.1, 0.15) is 0 Å². The van der Waals surface area contributed by atoms with Gasteiger partial charge >= 0.3 is 0 Å². The molecule has 92 valence electrons. The summed E-state index contributed by atoms with van der Waals surface area (Å²) < 4.78 is 2.49. The Hall–Kier alpha value is 0.360. The van der Waals surface area contributed by atoms with E-state index in [1.54, 1.807) is 0 Å². The summed E-state index contributed by atoms with van der Waals surface area (Å²) in [6, 6.07) is 8.74. The van der Waals surface area contributed by atoms with E-state index in [-0.39, 0.29) is 0 Å². The molecule has 0 bridgehead atoms. The molecule has 2 aromatic rings. The summed E-state index contributed by atoms with van der Waals surface area (Å²) in [5.74, 6) is 0. The van der Waals surface area contributed by atoms with Gasteiger partial charge in [-0.05, 0) is 81.8 Å². The van der Waals surface area contributed by atoms with Crippen molar-refractivity contribution in [2.75, 3.05) is 0 Å². The fourth-order valence-electron chi connectivity index (χ4n) is 1.75. The smallest absolute Gasteiger partial charge is 0.0701 e. The highest BCUT2D eigenvalue weighted by atomic mass is 79.9. The van der Waals surface area contributed by atoms with Gasteiger partial charge in [-0.3, -0.25) is 0 Å². The second-order valence-corrected chi connectivity index (χ2v) is 9.07. The summed E-state index contributed by atoms with van der Waals surface area (Å²) in [4.78, 5) is 2.99. The Kier molecular flexibility index (Phi) is 5.74. The molecule has 0 aliphatic carbocycles. The molecule has 0 unspecified atom stereocenters. The van der Waals surface area contributed by atoms with Crippen molar-refractivity contribution in [1.29, 1.82) is 0 Å². The standard InChI is InChI=1S/C13H14Br2S2/c14-12-8-6-10(16-12)4-2-1-3-5-11-7-9-13(15)17-11/h6-9H,1-5H2. The van der Waals surface area contributed by atoms with Crippen LogP contribution in [0.25, 0.3) is 0 Å². The van der Waals surface area contributed by atoms with E-state index in [9.17, 15) is 0 Å². The maximum atomic E-state index is 3.50. The molecule has 0 atom stereocenters. The normalized spacial score (nSPS) is 10.9. The molecule has 0 aliphatic heterocycles. The Morgan fingerprint density at radius 3 is 1.53 bits per heavy atom. The number of hydrogen-bond acceptors (Lipinski definition) is 2. The fraction of sp³-hybridized carbons (Fsp3) is 0.385. The molecule has 2 rings (SSSR count). The van der Waals surface area contributed by atoms with E-state index in [1.165, 1.54) is 49.4 Å². The van der Waals surface area contributed by atoms with Crippen LogP contribution in [0.1, 0.15) is 29.0 Å². The van der Waals surface area contributed by atoms with Crippen molar-refractivity contribution in [1.82, 2.24) is 0 Å². The third kappa shape index (κ3) is 4.86. The second kappa shape index (κ2) is 7.07. The lowest BCUT2D eigenvalue weighted by atomic mass is 10.1. The van der Waals surface area contributed by atoms with Gasteiger partial charge in [0.2, 0.25) is 0 Å². The molecule has 0 saturated carbocycles. The Balaban J connectivity index is 1.60. The highest BCUT2D eigenvalue weighted by molar-refractivity contribution is 9.11. The van der Waals surface area contributed by atoms with E-state index in [2.05, 4.69) is 56.1 Å². The number of thiophene rings is 2. The van der Waals surface area contributed by atoms with Crippen LogP contribution in [-0.4, -0.2) is 0 Å². The molecule has 0 N–H and O–H groups in total. The monoisotopic (exact) mass is 392 g/mol. The molecule has 0 amide bonds. The van der Waals surface area contributed by atoms with Gasteiger partial charge < -0.3 is 0 Å². The number of aryl methyl sites for hydroxylation is 2. The average molecular weight is 394 g/mol. The summed E-state index contributed by atoms with van der Waals surface area (Å²) in [5, 5.41) is 0. The minimum absolute atomic E-state index is 1.23. The van der Waals surface area contributed by atoms with Crippen molar-refractivity contribution in [2.45, 2.75) is 32.1 Å². The summed E-state index contributed by atoms with van der Waals surface area (Å²) in [7, 11) is 0. The number of hydrogen-bond donors (Lipinski definition) is 0. The van der Waals surface area contributed by atoms with E-state index >= 15 is 0 Å². The van der Waals surface area contributed by atoms with Gasteiger partial charge in [0.25, 0.3) is 0 Å². The first-order valence-corrected chi connectivity index (χ1v) is 8.94. The lowest BCUT2D eigenvalue weighted by molar-refractivity contribution is 0.686. The molecule has 0 aromatic carbocycles. The molecule has 2 aromatic heterocycles. The number of unbranched alkanes of at least 4 members (excludes halogenated alkanes) is 2. The molecule has 0 spiro atoms. The SMILES string of the molecule is Brc1ccc(CCCCCc2ccc(Br)s2)s1. The van der Waals surface area contributed by atoms with Crippen LogP contribution in [0.15, 0.2) is 31.8 Å². The predicted octanol–water partition coefficient (Wildman–Crippen LogP) is 6.29. The quantitative estimate of drug-likeness (QED) is 0.505. The first-order chi connectivity index (χ1) is 8.24. The van der Waals surface area contributed by atoms with Crippen LogP contribution in [0.3, 0.4) is 0 Å². The zero-order chi connectivity index (χ0) is 12.1. The fourth-order valence-corrected chi connectivity index (χ4v) is 4.80. The average Bonchev–Trinajstić information content (AvgIpc) is 2.88. The van der Waals surface area contributed by atoms with Crippen LogP contribution in [0, 0.1) is 0 Å². The highest BCUT2D eigenvalue weighted by Crippen LogP contribution is 2.25. The molecule has 0 nitrogen and oxygen atoms in total. The number of halogens is 2. The Labute approximate surface area is 127 Å². The largest absolute Gasteiger partial charge is 0.133 e. The molecule has 0 aliphatic rings. The zero-order valence-electron chi connectivity index (χ0n) is 9.42. The molecule has 17 heavy (non-hydrogen) atoms. The topological polar surface area (TPSA) is 0 Å². The summed E-state index contributed by atoms with van der Waals surface area (Å²) in [5.41, 5.74) is 0. The Bertz CT molecular complexity index is 417. The third-order valence-corrected chi connectivity index (χ3v) is 5.97. The molecular formula is C13H14Br2S2. The van der Waals surface area contributed by atoms with Crippen LogP contribution < -0.4 is 0 Å². The highest BCUT2D eigenvalue weighted by Gasteiger charge is 2.00. The predicted molar refractivity (Wildman–Crippen MR) is 85.3 cm³/mol. The minimum atomic E-state index is 1.23. The molecule has 0 fully saturated rings. The molecule has 4 heteroatoms. The van der Waals surface area contributed by atoms with Gasteiger partial charge in [0.15, 0.2) is 0 Å². The lowest BCUT2D eigenvalue weighted by Crippen LogP contribution is -1.84. The first kappa shape index (κ1) is 13.8. The van der Waals surface area contributed by atoms with Gasteiger partial charge in [-0.2, -0.15) is 0 Å². The molecule has 0 saturated heterocycles. The van der Waals surface area contributed by atoms with E-state index in [1.807, 2.05) is 22.7 Å². The molecule has 2 heterocycles. The van der Waals surface area contributed by atoms with E-state index in [0.29, 0.717) is 0 Å². The summed E-state index contributed by atoms with van der Waals surface area (Å²) in [6.45, 7) is 0. The van der Waals surface area contributed by atoms with Crippen molar-refractivity contribution in [3.05, 3.63) is 41.6 Å². The van der Waals surface area contributed by atoms with Crippen LogP contribution in [0.4, 0.5) is 0 Å². The molecule has 0 radical (unpaired) electrons. The second-order valence-electron chi connectivity index (χ2n) is 3.97. The summed E-state index contributed by atoms with van der Waals surface area (Å²) >= 11 is 10.7. The maximum Gasteiger partial charge on any atom is 0.0701 e. The minimum Gasteiger partial charge on any atom is -0.133 e. The molecular weight excluding hydrogens is 380 g/mol. The zero-order valence-corrected chi connectivity index (χ0v) is 14.2. The van der Waals surface area contributed by atoms with Crippen molar-refractivity contribution in [3.8, 4) is 0 Å². The van der Waals surface area contributed by atoms with Gasteiger partial charge in [0, 0.05) is 9.75 Å². The third-order valence-electron chi connectivity index (χ3n) is 2.60. The van der Waals surface area contributed by atoms with Crippen molar-refractivity contribution >= 4 is 54.5 Å². The van der Waals surface area contributed by atoms with Crippen LogP contribution >= 0.6 is 54.5 Å². The Morgan fingerprint density at radius 1 is 0.706 bits per heavy atom. The van der Waals surface area contributed by atoms with E-state index in [4.69, 9.17) is 0 Å². The van der Waals surface area contributed by atoms with Crippen LogP contribution in [0.5, 0.6) is 0 Å². The van der Waals surface area contributed by atoms with Crippen LogP contribution in [0.2, 0.25) is 0 Å². The first-order valence-electron chi connectivity index (χ1n) is 5.72. The van der Waals surface area contributed by atoms with Crippen LogP contribution in [-0.2, 0) is 12.8 Å². The maximum absolute atomic E-state index is 3.50. The van der Waals surface area contributed by atoms with Crippen molar-refractivity contribution in [2.24, 2.45) is 0 Å². The van der Waals surface area contributed by atoms with Gasteiger partial charge in [-0.15, -0.1) is 22.7 Å². The number of rotatable bonds is 6. The van der Waals surface area contributed by atoms with Gasteiger partial charge in [-0.1, -0.05) is 6.42 Å². The summed E-state index contributed by atoms with van der Waals surface area (Å²) in [6.07, 6.45) is 6.39. The Morgan fingerprint density at radius 2 is 1.18 bits per heavy atom. The van der Waals surface area contributed by atoms with Gasteiger partial charge in [0.05, 0.1) is 7.57 Å². The van der Waals surface area contributed by atoms with Crippen molar-refractivity contribution in [3.63, 3.8) is 0 Å². The lowest BCUT2D eigenvalue weighted by Gasteiger charge is -1.98. The van der Waals surface area contributed by atoms with E-state index < -0.39 is 0 Å². The van der Waals surface area contributed by atoms with E-state index in [0.717, 1.165) is 0 Å².